The number of hydrogen-bond donors (Lipinski definition) is 1. The maximum atomic E-state index is 11.6. The van der Waals surface area contributed by atoms with E-state index in [0.717, 1.165) is 25.9 Å². The quantitative estimate of drug-likeness (QED) is 0.739. The van der Waals surface area contributed by atoms with Gasteiger partial charge in [-0.15, -0.1) is 0 Å². The van der Waals surface area contributed by atoms with Crippen LogP contribution in [0.3, 0.4) is 0 Å². The standard InChI is InChI=1S/C14H30N2O2S/c1-4-6-9-16(13(3)5-2)10-7-14-12-19(17,18)11-8-15-14/h13-15H,4-12H2,1-3H3. The highest BCUT2D eigenvalue weighted by Gasteiger charge is 2.24. The van der Waals surface area contributed by atoms with Crippen molar-refractivity contribution >= 4 is 9.84 Å². The Kier molecular flexibility index (Phi) is 7.32. The molecule has 0 aliphatic carbocycles. The van der Waals surface area contributed by atoms with E-state index < -0.39 is 9.84 Å². The van der Waals surface area contributed by atoms with Gasteiger partial charge in [-0.1, -0.05) is 20.3 Å². The van der Waals surface area contributed by atoms with E-state index in [0.29, 0.717) is 24.1 Å². The summed E-state index contributed by atoms with van der Waals surface area (Å²) in [6, 6.07) is 0.735. The van der Waals surface area contributed by atoms with E-state index in [2.05, 4.69) is 31.0 Å². The fraction of sp³-hybridized carbons (Fsp3) is 1.00. The van der Waals surface area contributed by atoms with Gasteiger partial charge in [0.2, 0.25) is 0 Å². The molecule has 1 aliphatic rings. The fourth-order valence-corrected chi connectivity index (χ4v) is 4.04. The van der Waals surface area contributed by atoms with Crippen molar-refractivity contribution in [2.75, 3.05) is 31.1 Å². The number of hydrogen-bond acceptors (Lipinski definition) is 4. The Balaban J connectivity index is 2.42. The lowest BCUT2D eigenvalue weighted by Gasteiger charge is -2.31. The third-order valence-corrected chi connectivity index (χ3v) is 5.82. The van der Waals surface area contributed by atoms with Crippen molar-refractivity contribution in [3.05, 3.63) is 0 Å². The summed E-state index contributed by atoms with van der Waals surface area (Å²) < 4.78 is 23.2. The molecule has 0 saturated carbocycles. The molecule has 19 heavy (non-hydrogen) atoms. The molecular weight excluding hydrogens is 260 g/mol. The van der Waals surface area contributed by atoms with Crippen LogP contribution in [-0.2, 0) is 9.84 Å². The number of nitrogens with zero attached hydrogens (tertiary/aromatic N) is 1. The molecule has 1 aliphatic heterocycles. The van der Waals surface area contributed by atoms with Gasteiger partial charge < -0.3 is 10.2 Å². The number of unbranched alkanes of at least 4 members (excludes halogenated alkanes) is 1. The second-order valence-corrected chi connectivity index (χ2v) is 7.93. The van der Waals surface area contributed by atoms with E-state index in [1.807, 2.05) is 0 Å². The molecule has 0 aromatic rings. The van der Waals surface area contributed by atoms with Crippen molar-refractivity contribution in [1.29, 1.82) is 0 Å². The van der Waals surface area contributed by atoms with Crippen LogP contribution in [-0.4, -0.2) is 56.5 Å². The molecule has 5 heteroatoms. The predicted octanol–water partition coefficient (Wildman–Crippen LogP) is 1.66. The summed E-state index contributed by atoms with van der Waals surface area (Å²) in [4.78, 5) is 2.51. The van der Waals surface area contributed by atoms with Crippen LogP contribution in [0.2, 0.25) is 0 Å². The Hall–Kier alpha value is -0.130. The first kappa shape index (κ1) is 16.9. The second kappa shape index (κ2) is 8.22. The summed E-state index contributed by atoms with van der Waals surface area (Å²) in [6.07, 6.45) is 4.52. The zero-order valence-electron chi connectivity index (χ0n) is 12.7. The summed E-state index contributed by atoms with van der Waals surface area (Å²) in [5.74, 6) is 0.615. The smallest absolute Gasteiger partial charge is 0.153 e. The Morgan fingerprint density at radius 1 is 1.32 bits per heavy atom. The highest BCUT2D eigenvalue weighted by molar-refractivity contribution is 7.91. The lowest BCUT2D eigenvalue weighted by molar-refractivity contribution is 0.192. The Morgan fingerprint density at radius 2 is 2.05 bits per heavy atom. The first-order valence-electron chi connectivity index (χ1n) is 7.66. The third kappa shape index (κ3) is 6.23. The highest BCUT2D eigenvalue weighted by Crippen LogP contribution is 2.10. The van der Waals surface area contributed by atoms with Gasteiger partial charge in [-0.3, -0.25) is 0 Å². The SMILES string of the molecule is CCCCN(CCC1CS(=O)(=O)CCN1)C(C)CC. The Labute approximate surface area is 118 Å². The van der Waals surface area contributed by atoms with Crippen molar-refractivity contribution in [1.82, 2.24) is 10.2 Å². The molecule has 2 atom stereocenters. The van der Waals surface area contributed by atoms with Crippen LogP contribution in [0.5, 0.6) is 0 Å². The molecule has 4 nitrogen and oxygen atoms in total. The maximum Gasteiger partial charge on any atom is 0.153 e. The largest absolute Gasteiger partial charge is 0.312 e. The van der Waals surface area contributed by atoms with Gasteiger partial charge in [0.25, 0.3) is 0 Å². The van der Waals surface area contributed by atoms with Gasteiger partial charge in [-0.05, 0) is 39.3 Å². The molecule has 114 valence electrons. The average Bonchev–Trinajstić information content (AvgIpc) is 2.37. The average molecular weight is 290 g/mol. The molecule has 0 radical (unpaired) electrons. The van der Waals surface area contributed by atoms with Gasteiger partial charge in [-0.25, -0.2) is 8.42 Å². The van der Waals surface area contributed by atoms with Gasteiger partial charge in [-0.2, -0.15) is 0 Å². The number of rotatable bonds is 8. The van der Waals surface area contributed by atoms with Gasteiger partial charge in [0.05, 0.1) is 11.5 Å². The lowest BCUT2D eigenvalue weighted by Crippen LogP contribution is -2.47. The zero-order valence-corrected chi connectivity index (χ0v) is 13.5. The minimum atomic E-state index is -2.80. The molecule has 2 unspecified atom stereocenters. The molecule has 0 amide bonds. The van der Waals surface area contributed by atoms with E-state index >= 15 is 0 Å². The van der Waals surface area contributed by atoms with Crippen LogP contribution in [0, 0.1) is 0 Å². The van der Waals surface area contributed by atoms with E-state index in [9.17, 15) is 8.42 Å². The number of nitrogens with one attached hydrogen (secondary N) is 1. The maximum absolute atomic E-state index is 11.6. The Bertz CT molecular complexity index is 343. The first-order chi connectivity index (χ1) is 8.98. The van der Waals surface area contributed by atoms with Crippen molar-refractivity contribution in [3.8, 4) is 0 Å². The van der Waals surface area contributed by atoms with E-state index in [-0.39, 0.29) is 6.04 Å². The minimum absolute atomic E-state index is 0.145. The summed E-state index contributed by atoms with van der Waals surface area (Å²) in [5, 5.41) is 3.34. The highest BCUT2D eigenvalue weighted by atomic mass is 32.2. The van der Waals surface area contributed by atoms with E-state index in [1.54, 1.807) is 0 Å². The van der Waals surface area contributed by atoms with Gasteiger partial charge in [0.1, 0.15) is 0 Å². The molecule has 0 aromatic heterocycles. The molecule has 1 saturated heterocycles. The minimum Gasteiger partial charge on any atom is -0.312 e. The van der Waals surface area contributed by atoms with Gasteiger partial charge in [0.15, 0.2) is 9.84 Å². The van der Waals surface area contributed by atoms with Crippen molar-refractivity contribution in [3.63, 3.8) is 0 Å². The van der Waals surface area contributed by atoms with E-state index in [1.165, 1.54) is 12.8 Å². The van der Waals surface area contributed by atoms with Crippen LogP contribution in [0.15, 0.2) is 0 Å². The zero-order chi connectivity index (χ0) is 14.3. The van der Waals surface area contributed by atoms with Crippen molar-refractivity contribution in [2.24, 2.45) is 0 Å². The van der Waals surface area contributed by atoms with Crippen LogP contribution >= 0.6 is 0 Å². The topological polar surface area (TPSA) is 49.4 Å². The van der Waals surface area contributed by atoms with Crippen molar-refractivity contribution in [2.45, 2.75) is 58.5 Å². The second-order valence-electron chi connectivity index (χ2n) is 5.70. The normalized spacial score (nSPS) is 24.5. The Morgan fingerprint density at radius 3 is 2.63 bits per heavy atom. The molecule has 0 aromatic carbocycles. The first-order valence-corrected chi connectivity index (χ1v) is 9.48. The lowest BCUT2D eigenvalue weighted by atomic mass is 10.1. The predicted molar refractivity (Wildman–Crippen MR) is 81.3 cm³/mol. The monoisotopic (exact) mass is 290 g/mol. The third-order valence-electron chi connectivity index (χ3n) is 4.08. The molecule has 0 bridgehead atoms. The molecule has 1 N–H and O–H groups in total. The molecule has 0 spiro atoms. The summed E-state index contributed by atoms with van der Waals surface area (Å²) in [7, 11) is -2.80. The fourth-order valence-electron chi connectivity index (χ4n) is 2.55. The van der Waals surface area contributed by atoms with Gasteiger partial charge >= 0.3 is 0 Å². The molecule has 1 fully saturated rings. The van der Waals surface area contributed by atoms with Crippen molar-refractivity contribution < 1.29 is 8.42 Å². The summed E-state index contributed by atoms with van der Waals surface area (Å²) >= 11 is 0. The summed E-state index contributed by atoms with van der Waals surface area (Å²) in [5.41, 5.74) is 0. The van der Waals surface area contributed by atoms with Gasteiger partial charge in [0, 0.05) is 18.6 Å². The van der Waals surface area contributed by atoms with Crippen LogP contribution in [0.4, 0.5) is 0 Å². The summed E-state index contributed by atoms with van der Waals surface area (Å²) in [6.45, 7) is 9.44. The van der Waals surface area contributed by atoms with Crippen LogP contribution in [0.1, 0.15) is 46.5 Å². The molecule has 1 rings (SSSR count). The molecule has 1 heterocycles. The number of sulfone groups is 1. The molecular formula is C14H30N2O2S. The van der Waals surface area contributed by atoms with Crippen LogP contribution < -0.4 is 5.32 Å². The van der Waals surface area contributed by atoms with Crippen LogP contribution in [0.25, 0.3) is 0 Å². The van der Waals surface area contributed by atoms with E-state index in [4.69, 9.17) is 0 Å².